The second-order valence-electron chi connectivity index (χ2n) is 3.60. The summed E-state index contributed by atoms with van der Waals surface area (Å²) in [6, 6.07) is 2.74. The van der Waals surface area contributed by atoms with E-state index in [2.05, 4.69) is 15.9 Å². The van der Waals surface area contributed by atoms with E-state index in [1.807, 2.05) is 0 Å². The van der Waals surface area contributed by atoms with Gasteiger partial charge in [-0.2, -0.15) is 4.31 Å². The Morgan fingerprint density at radius 1 is 1.33 bits per heavy atom. The number of nitrogens with zero attached hydrogens (tertiary/aromatic N) is 1. The molecule has 1 aromatic rings. The monoisotopic (exact) mass is 357 g/mol. The Balaban J connectivity index is 3.45. The number of alkyl halides is 1. The standard InChI is InChI=1S/C11H14BrClFNO2S/c1-3-15(4-2)18(16,17)10-6-9(12)5-8(7-13)11(10)14/h5-6H,3-4,7H2,1-2H3. The molecule has 3 nitrogen and oxygen atoms in total. The molecule has 0 unspecified atom stereocenters. The fraction of sp³-hybridized carbons (Fsp3) is 0.455. The lowest BCUT2D eigenvalue weighted by molar-refractivity contribution is 0.439. The van der Waals surface area contributed by atoms with Gasteiger partial charge in [0, 0.05) is 23.1 Å². The molecule has 0 aliphatic carbocycles. The molecular formula is C11H14BrClFNO2S. The van der Waals surface area contributed by atoms with Crippen LogP contribution >= 0.6 is 27.5 Å². The summed E-state index contributed by atoms with van der Waals surface area (Å²) >= 11 is 8.77. The first-order chi connectivity index (χ1) is 8.38. The molecule has 0 fully saturated rings. The summed E-state index contributed by atoms with van der Waals surface area (Å²) in [5.74, 6) is -0.855. The van der Waals surface area contributed by atoms with E-state index in [4.69, 9.17) is 11.6 Å². The van der Waals surface area contributed by atoms with Gasteiger partial charge < -0.3 is 0 Å². The van der Waals surface area contributed by atoms with Crippen LogP contribution in [0.15, 0.2) is 21.5 Å². The molecule has 1 aromatic carbocycles. The van der Waals surface area contributed by atoms with Crippen LogP contribution in [-0.2, 0) is 15.9 Å². The highest BCUT2D eigenvalue weighted by molar-refractivity contribution is 9.10. The molecule has 0 aliphatic rings. The average Bonchev–Trinajstić information content (AvgIpc) is 2.32. The summed E-state index contributed by atoms with van der Waals surface area (Å²) in [5, 5.41) is 0. The maximum absolute atomic E-state index is 14.1. The molecule has 0 aromatic heterocycles. The van der Waals surface area contributed by atoms with Crippen LogP contribution in [0.1, 0.15) is 19.4 Å². The lowest BCUT2D eigenvalue weighted by Gasteiger charge is -2.19. The number of benzene rings is 1. The number of sulfonamides is 1. The maximum atomic E-state index is 14.1. The minimum absolute atomic E-state index is 0.0773. The van der Waals surface area contributed by atoms with Crippen molar-refractivity contribution in [1.82, 2.24) is 4.31 Å². The van der Waals surface area contributed by atoms with Gasteiger partial charge in [-0.1, -0.05) is 29.8 Å². The van der Waals surface area contributed by atoms with Gasteiger partial charge in [-0.15, -0.1) is 11.6 Å². The average molecular weight is 359 g/mol. The van der Waals surface area contributed by atoms with Gasteiger partial charge in [0.25, 0.3) is 0 Å². The van der Waals surface area contributed by atoms with E-state index in [0.29, 0.717) is 17.6 Å². The third-order valence-electron chi connectivity index (χ3n) is 2.55. The number of rotatable bonds is 5. The van der Waals surface area contributed by atoms with Crippen molar-refractivity contribution in [3.63, 3.8) is 0 Å². The zero-order chi connectivity index (χ0) is 13.9. The Morgan fingerprint density at radius 2 is 1.89 bits per heavy atom. The van der Waals surface area contributed by atoms with E-state index in [9.17, 15) is 12.8 Å². The summed E-state index contributed by atoms with van der Waals surface area (Å²) in [6.07, 6.45) is 0. The van der Waals surface area contributed by atoms with E-state index >= 15 is 0 Å². The first-order valence-electron chi connectivity index (χ1n) is 5.42. The van der Waals surface area contributed by atoms with Crippen molar-refractivity contribution in [1.29, 1.82) is 0 Å². The third kappa shape index (κ3) is 3.04. The molecule has 7 heteroatoms. The fourth-order valence-electron chi connectivity index (χ4n) is 1.61. The van der Waals surface area contributed by atoms with Crippen LogP contribution in [0, 0.1) is 5.82 Å². The highest BCUT2D eigenvalue weighted by Gasteiger charge is 2.27. The lowest BCUT2D eigenvalue weighted by Crippen LogP contribution is -2.31. The second kappa shape index (κ2) is 6.32. The van der Waals surface area contributed by atoms with Crippen LogP contribution in [0.3, 0.4) is 0 Å². The minimum atomic E-state index is -3.82. The van der Waals surface area contributed by atoms with E-state index in [-0.39, 0.29) is 16.3 Å². The van der Waals surface area contributed by atoms with E-state index in [1.54, 1.807) is 13.8 Å². The quantitative estimate of drug-likeness (QED) is 0.757. The molecule has 18 heavy (non-hydrogen) atoms. The van der Waals surface area contributed by atoms with Crippen molar-refractivity contribution in [2.45, 2.75) is 24.6 Å². The zero-order valence-electron chi connectivity index (χ0n) is 10.1. The lowest BCUT2D eigenvalue weighted by atomic mass is 10.2. The summed E-state index contributed by atoms with van der Waals surface area (Å²) in [5.41, 5.74) is 0.164. The van der Waals surface area contributed by atoms with Gasteiger partial charge in [0.1, 0.15) is 10.7 Å². The van der Waals surface area contributed by atoms with Crippen LogP contribution in [0.2, 0.25) is 0 Å². The number of halogens is 3. The van der Waals surface area contributed by atoms with Crippen LogP contribution in [0.4, 0.5) is 4.39 Å². The van der Waals surface area contributed by atoms with Crippen LogP contribution < -0.4 is 0 Å². The molecule has 102 valence electrons. The van der Waals surface area contributed by atoms with Crippen molar-refractivity contribution in [2.75, 3.05) is 13.1 Å². The minimum Gasteiger partial charge on any atom is -0.207 e. The predicted molar refractivity (Wildman–Crippen MR) is 73.8 cm³/mol. The molecule has 1 rings (SSSR count). The van der Waals surface area contributed by atoms with Crippen LogP contribution in [0.5, 0.6) is 0 Å². The highest BCUT2D eigenvalue weighted by atomic mass is 79.9. The summed E-state index contributed by atoms with van der Waals surface area (Å²) in [6.45, 7) is 4.00. The number of hydrogen-bond donors (Lipinski definition) is 0. The Labute approximate surface area is 120 Å². The van der Waals surface area contributed by atoms with Gasteiger partial charge >= 0.3 is 0 Å². The molecule has 0 atom stereocenters. The normalized spacial score (nSPS) is 12.1. The smallest absolute Gasteiger partial charge is 0.207 e. The molecule has 0 saturated heterocycles. The Hall–Kier alpha value is -0.170. The summed E-state index contributed by atoms with van der Waals surface area (Å²) in [4.78, 5) is -0.337. The van der Waals surface area contributed by atoms with Crippen molar-refractivity contribution >= 4 is 37.6 Å². The van der Waals surface area contributed by atoms with Crippen molar-refractivity contribution in [3.8, 4) is 0 Å². The SMILES string of the molecule is CCN(CC)S(=O)(=O)c1cc(Br)cc(CCl)c1F. The molecule has 0 amide bonds. The van der Waals surface area contributed by atoms with Gasteiger partial charge in [-0.05, 0) is 12.1 Å². The van der Waals surface area contributed by atoms with Gasteiger partial charge in [0.05, 0.1) is 5.88 Å². The molecule has 0 radical (unpaired) electrons. The largest absolute Gasteiger partial charge is 0.246 e. The third-order valence-corrected chi connectivity index (χ3v) is 5.34. The fourth-order valence-corrected chi connectivity index (χ4v) is 4.05. The van der Waals surface area contributed by atoms with Crippen LogP contribution in [-0.4, -0.2) is 25.8 Å². The predicted octanol–water partition coefficient (Wildman–Crippen LogP) is 3.36. The van der Waals surface area contributed by atoms with Crippen molar-refractivity contribution < 1.29 is 12.8 Å². The second-order valence-corrected chi connectivity index (χ2v) is 6.69. The zero-order valence-corrected chi connectivity index (χ0v) is 13.2. The van der Waals surface area contributed by atoms with E-state index < -0.39 is 15.8 Å². The van der Waals surface area contributed by atoms with Crippen molar-refractivity contribution in [3.05, 3.63) is 28.0 Å². The molecule has 0 bridgehead atoms. The van der Waals surface area contributed by atoms with Crippen LogP contribution in [0.25, 0.3) is 0 Å². The molecule has 0 heterocycles. The first kappa shape index (κ1) is 15.9. The topological polar surface area (TPSA) is 37.4 Å². The maximum Gasteiger partial charge on any atom is 0.246 e. The number of hydrogen-bond acceptors (Lipinski definition) is 2. The van der Waals surface area contributed by atoms with E-state index in [0.717, 1.165) is 0 Å². The van der Waals surface area contributed by atoms with Crippen molar-refractivity contribution in [2.24, 2.45) is 0 Å². The Bertz CT molecular complexity index is 532. The Morgan fingerprint density at radius 3 is 2.33 bits per heavy atom. The van der Waals surface area contributed by atoms with Gasteiger partial charge in [-0.25, -0.2) is 12.8 Å². The molecule has 0 saturated carbocycles. The summed E-state index contributed by atoms with van der Waals surface area (Å²) in [7, 11) is -3.82. The molecule has 0 spiro atoms. The summed E-state index contributed by atoms with van der Waals surface area (Å²) < 4.78 is 40.3. The first-order valence-corrected chi connectivity index (χ1v) is 8.19. The van der Waals surface area contributed by atoms with E-state index in [1.165, 1.54) is 16.4 Å². The van der Waals surface area contributed by atoms with Gasteiger partial charge in [-0.3, -0.25) is 0 Å². The molecular weight excluding hydrogens is 345 g/mol. The molecule has 0 aliphatic heterocycles. The van der Waals surface area contributed by atoms with Gasteiger partial charge in [0.2, 0.25) is 10.0 Å². The Kier molecular flexibility index (Phi) is 5.58. The molecule has 0 N–H and O–H groups in total. The highest BCUT2D eigenvalue weighted by Crippen LogP contribution is 2.27. The van der Waals surface area contributed by atoms with Gasteiger partial charge in [0.15, 0.2) is 0 Å².